The van der Waals surface area contributed by atoms with E-state index in [1.54, 1.807) is 23.2 Å². The summed E-state index contributed by atoms with van der Waals surface area (Å²) in [5, 5.41) is 21.3. The first-order chi connectivity index (χ1) is 15.3. The van der Waals surface area contributed by atoms with Crippen LogP contribution in [0.1, 0.15) is 29.6 Å². The number of hydrogen-bond acceptors (Lipinski definition) is 7. The first kappa shape index (κ1) is 19.9. The number of ether oxygens (including phenoxy) is 1. The van der Waals surface area contributed by atoms with Crippen LogP contribution >= 0.6 is 0 Å². The standard InChI is InChI=1S/C23H19N7O/c1-2-17-10-12-26-22(14-17)30-23(27-28-29-30)16-31-20-8-6-18(7-9-20)13-19(15-24)21-5-3-4-11-25-21/h3-14H,2,16H2,1H3/b19-13-. The van der Waals surface area contributed by atoms with Crippen molar-refractivity contribution in [3.05, 3.63) is 89.6 Å². The van der Waals surface area contributed by atoms with Crippen molar-refractivity contribution >= 4 is 11.6 Å². The van der Waals surface area contributed by atoms with Crippen molar-refractivity contribution in [3.8, 4) is 17.6 Å². The summed E-state index contributed by atoms with van der Waals surface area (Å²) < 4.78 is 7.42. The molecule has 0 aliphatic carbocycles. The molecule has 4 rings (SSSR count). The van der Waals surface area contributed by atoms with Gasteiger partial charge >= 0.3 is 0 Å². The Kier molecular flexibility index (Phi) is 6.05. The highest BCUT2D eigenvalue weighted by Gasteiger charge is 2.11. The molecule has 0 saturated heterocycles. The van der Waals surface area contributed by atoms with Crippen molar-refractivity contribution in [2.45, 2.75) is 20.0 Å². The van der Waals surface area contributed by atoms with E-state index in [2.05, 4.69) is 38.5 Å². The molecule has 0 bridgehead atoms. The van der Waals surface area contributed by atoms with Gasteiger partial charge in [-0.2, -0.15) is 9.94 Å². The van der Waals surface area contributed by atoms with Gasteiger partial charge in [0, 0.05) is 12.4 Å². The second kappa shape index (κ2) is 9.41. The molecule has 0 fully saturated rings. The van der Waals surface area contributed by atoms with Crippen molar-refractivity contribution < 1.29 is 4.74 Å². The third-order valence-corrected chi connectivity index (χ3v) is 4.59. The highest BCUT2D eigenvalue weighted by atomic mass is 16.5. The van der Waals surface area contributed by atoms with Crippen LogP contribution in [0.15, 0.2) is 67.0 Å². The summed E-state index contributed by atoms with van der Waals surface area (Å²) >= 11 is 0. The number of allylic oxidation sites excluding steroid dienone is 1. The largest absolute Gasteiger partial charge is 0.486 e. The van der Waals surface area contributed by atoms with Gasteiger partial charge in [0.2, 0.25) is 0 Å². The molecule has 8 heteroatoms. The number of hydrogen-bond donors (Lipinski definition) is 0. The first-order valence-electron chi connectivity index (χ1n) is 9.75. The number of tetrazole rings is 1. The van der Waals surface area contributed by atoms with Crippen molar-refractivity contribution in [3.63, 3.8) is 0 Å². The van der Waals surface area contributed by atoms with Crippen molar-refractivity contribution in [1.29, 1.82) is 5.26 Å². The number of nitriles is 1. The molecule has 8 nitrogen and oxygen atoms in total. The van der Waals surface area contributed by atoms with Crippen LogP contribution in [0.3, 0.4) is 0 Å². The fraction of sp³-hybridized carbons (Fsp3) is 0.130. The third kappa shape index (κ3) is 4.79. The first-order valence-corrected chi connectivity index (χ1v) is 9.75. The number of aromatic nitrogens is 6. The number of rotatable bonds is 7. The molecule has 3 heterocycles. The topological polar surface area (TPSA) is 102 Å². The summed E-state index contributed by atoms with van der Waals surface area (Å²) in [5.74, 6) is 1.87. The molecule has 0 radical (unpaired) electrons. The molecule has 0 saturated carbocycles. The number of benzene rings is 1. The Balaban J connectivity index is 1.46. The maximum absolute atomic E-state index is 9.43. The minimum Gasteiger partial charge on any atom is -0.486 e. The van der Waals surface area contributed by atoms with Crippen LogP contribution in [0.2, 0.25) is 0 Å². The molecule has 152 valence electrons. The summed E-state index contributed by atoms with van der Waals surface area (Å²) in [7, 11) is 0. The van der Waals surface area contributed by atoms with Crippen LogP contribution < -0.4 is 4.74 Å². The van der Waals surface area contributed by atoms with E-state index in [1.807, 2.05) is 54.6 Å². The van der Waals surface area contributed by atoms with Gasteiger partial charge in [-0.05, 0) is 70.4 Å². The Morgan fingerprint density at radius 2 is 1.97 bits per heavy atom. The average molecular weight is 409 g/mol. The van der Waals surface area contributed by atoms with Gasteiger partial charge in [-0.25, -0.2) is 4.98 Å². The lowest BCUT2D eigenvalue weighted by Gasteiger charge is -2.07. The fourth-order valence-electron chi connectivity index (χ4n) is 2.93. The van der Waals surface area contributed by atoms with Crippen molar-refractivity contribution in [2.75, 3.05) is 0 Å². The zero-order valence-electron chi connectivity index (χ0n) is 16.9. The summed E-state index contributed by atoms with van der Waals surface area (Å²) in [6.07, 6.45) is 6.10. The molecule has 31 heavy (non-hydrogen) atoms. The molecule has 1 aromatic carbocycles. The third-order valence-electron chi connectivity index (χ3n) is 4.59. The van der Waals surface area contributed by atoms with Crippen LogP contribution in [0.4, 0.5) is 0 Å². The molecule has 0 amide bonds. The molecule has 0 aliphatic heterocycles. The van der Waals surface area contributed by atoms with Gasteiger partial charge < -0.3 is 4.74 Å². The highest BCUT2D eigenvalue weighted by molar-refractivity contribution is 5.88. The number of aryl methyl sites for hydroxylation is 1. The summed E-state index contributed by atoms with van der Waals surface area (Å²) in [6, 6.07) is 19.0. The van der Waals surface area contributed by atoms with Crippen LogP contribution in [0, 0.1) is 11.3 Å². The van der Waals surface area contributed by atoms with Crippen LogP contribution in [-0.2, 0) is 13.0 Å². The second-order valence-corrected chi connectivity index (χ2v) is 6.63. The van der Waals surface area contributed by atoms with Gasteiger partial charge in [-0.1, -0.05) is 25.1 Å². The maximum atomic E-state index is 9.43. The lowest BCUT2D eigenvalue weighted by Crippen LogP contribution is -2.08. The van der Waals surface area contributed by atoms with E-state index in [9.17, 15) is 5.26 Å². The van der Waals surface area contributed by atoms with Crippen LogP contribution in [0.25, 0.3) is 17.5 Å². The monoisotopic (exact) mass is 409 g/mol. The van der Waals surface area contributed by atoms with E-state index in [0.29, 0.717) is 28.7 Å². The molecule has 3 aromatic heterocycles. The van der Waals surface area contributed by atoms with E-state index in [4.69, 9.17) is 4.74 Å². The second-order valence-electron chi connectivity index (χ2n) is 6.63. The van der Waals surface area contributed by atoms with Crippen molar-refractivity contribution in [1.82, 2.24) is 30.2 Å². The maximum Gasteiger partial charge on any atom is 0.195 e. The Hall–Kier alpha value is -4.38. The zero-order chi connectivity index (χ0) is 21.5. The van der Waals surface area contributed by atoms with Crippen LogP contribution in [0.5, 0.6) is 5.75 Å². The average Bonchev–Trinajstić information content (AvgIpc) is 3.31. The van der Waals surface area contributed by atoms with Gasteiger partial charge in [-0.15, -0.1) is 5.10 Å². The molecule has 0 aliphatic rings. The minimum absolute atomic E-state index is 0.192. The molecule has 4 aromatic rings. The highest BCUT2D eigenvalue weighted by Crippen LogP contribution is 2.19. The van der Waals surface area contributed by atoms with E-state index in [1.165, 1.54) is 0 Å². The molecular weight excluding hydrogens is 390 g/mol. The summed E-state index contributed by atoms with van der Waals surface area (Å²) in [5.41, 5.74) is 3.16. The predicted octanol–water partition coefficient (Wildman–Crippen LogP) is 3.66. The SMILES string of the molecule is CCc1ccnc(-n2nnnc2COc2ccc(/C=C(/C#N)c3ccccn3)cc2)c1. The van der Waals surface area contributed by atoms with Gasteiger partial charge in [0.25, 0.3) is 0 Å². The van der Waals surface area contributed by atoms with E-state index in [-0.39, 0.29) is 6.61 Å². The molecule has 0 spiro atoms. The van der Waals surface area contributed by atoms with E-state index >= 15 is 0 Å². The minimum atomic E-state index is 0.192. The summed E-state index contributed by atoms with van der Waals surface area (Å²) in [6.45, 7) is 2.27. The molecule has 0 N–H and O–H groups in total. The quantitative estimate of drug-likeness (QED) is 0.429. The van der Waals surface area contributed by atoms with Gasteiger partial charge in [0.1, 0.15) is 18.4 Å². The lowest BCUT2D eigenvalue weighted by atomic mass is 10.1. The van der Waals surface area contributed by atoms with Gasteiger partial charge in [0.15, 0.2) is 11.6 Å². The Labute approximate surface area is 179 Å². The lowest BCUT2D eigenvalue weighted by molar-refractivity contribution is 0.292. The summed E-state index contributed by atoms with van der Waals surface area (Å²) in [4.78, 5) is 8.57. The Morgan fingerprint density at radius 1 is 1.10 bits per heavy atom. The van der Waals surface area contributed by atoms with Crippen LogP contribution in [-0.4, -0.2) is 30.2 Å². The molecular formula is C23H19N7O. The smallest absolute Gasteiger partial charge is 0.195 e. The van der Waals surface area contributed by atoms with Gasteiger partial charge in [-0.3, -0.25) is 4.98 Å². The Bertz CT molecular complexity index is 1220. The normalized spacial score (nSPS) is 11.2. The number of nitrogens with zero attached hydrogens (tertiary/aromatic N) is 7. The Morgan fingerprint density at radius 3 is 2.71 bits per heavy atom. The predicted molar refractivity (Wildman–Crippen MR) is 115 cm³/mol. The zero-order valence-corrected chi connectivity index (χ0v) is 16.9. The van der Waals surface area contributed by atoms with E-state index < -0.39 is 0 Å². The molecule has 0 atom stereocenters. The molecule has 0 unspecified atom stereocenters. The van der Waals surface area contributed by atoms with Gasteiger partial charge in [0.05, 0.1) is 11.3 Å². The van der Waals surface area contributed by atoms with E-state index in [0.717, 1.165) is 17.5 Å². The fourth-order valence-corrected chi connectivity index (χ4v) is 2.93. The number of pyridine rings is 2. The van der Waals surface area contributed by atoms with Crippen molar-refractivity contribution in [2.24, 2.45) is 0 Å².